The molecule has 108 valence electrons. The van der Waals surface area contributed by atoms with Gasteiger partial charge < -0.3 is 10.5 Å². The monoisotopic (exact) mass is 306 g/mol. The predicted octanol–water partition coefficient (Wildman–Crippen LogP) is 0.859. The number of carbonyl (C=O) groups excluding carboxylic acids is 1. The van der Waals surface area contributed by atoms with Crippen LogP contribution in [0.5, 0.6) is 0 Å². The number of nitrogens with one attached hydrogen (secondary N) is 1. The molecule has 0 spiro atoms. The summed E-state index contributed by atoms with van der Waals surface area (Å²) in [5.41, 5.74) is 5.23. The Labute approximate surface area is 117 Å². The summed E-state index contributed by atoms with van der Waals surface area (Å²) in [6, 6.07) is 0. The van der Waals surface area contributed by atoms with Gasteiger partial charge in [-0.15, -0.1) is 11.3 Å². The maximum absolute atomic E-state index is 12.4. The van der Waals surface area contributed by atoms with Gasteiger partial charge in [-0.25, -0.2) is 17.9 Å². The molecular weight excluding hydrogens is 288 g/mol. The van der Waals surface area contributed by atoms with Gasteiger partial charge in [0.05, 0.1) is 7.11 Å². The molecule has 0 radical (unpaired) electrons. The van der Waals surface area contributed by atoms with E-state index in [-0.39, 0.29) is 16.3 Å². The van der Waals surface area contributed by atoms with Gasteiger partial charge in [-0.3, -0.25) is 0 Å². The summed E-state index contributed by atoms with van der Waals surface area (Å²) in [6.45, 7) is 5.12. The van der Waals surface area contributed by atoms with E-state index in [0.29, 0.717) is 5.56 Å². The standard InChI is InChI=1S/C11H18N2O4S2/c1-7-5-18-8(10(14)17-4)9(7)19(15,16)13-11(2,3)6-12/h5,13H,6,12H2,1-4H3. The topological polar surface area (TPSA) is 98.5 Å². The number of hydrogen-bond acceptors (Lipinski definition) is 6. The van der Waals surface area contributed by atoms with Crippen molar-refractivity contribution in [2.45, 2.75) is 31.2 Å². The molecule has 8 heteroatoms. The Balaban J connectivity index is 3.29. The van der Waals surface area contributed by atoms with Crippen LogP contribution < -0.4 is 10.5 Å². The molecule has 0 aromatic carbocycles. The molecule has 0 aliphatic carbocycles. The summed E-state index contributed by atoms with van der Waals surface area (Å²) in [4.78, 5) is 11.6. The van der Waals surface area contributed by atoms with E-state index in [0.717, 1.165) is 11.3 Å². The molecule has 1 aromatic heterocycles. The number of thiophene rings is 1. The molecule has 0 saturated carbocycles. The minimum atomic E-state index is -3.82. The number of esters is 1. The van der Waals surface area contributed by atoms with Crippen LogP contribution in [-0.4, -0.2) is 33.6 Å². The Morgan fingerprint density at radius 2 is 2.11 bits per heavy atom. The Bertz CT molecular complexity index is 576. The smallest absolute Gasteiger partial charge is 0.349 e. The molecule has 1 heterocycles. The zero-order valence-electron chi connectivity index (χ0n) is 11.3. The van der Waals surface area contributed by atoms with E-state index in [1.807, 2.05) is 0 Å². The summed E-state index contributed by atoms with van der Waals surface area (Å²) in [5.74, 6) is -0.663. The molecule has 3 N–H and O–H groups in total. The van der Waals surface area contributed by atoms with Crippen LogP contribution >= 0.6 is 11.3 Å². The van der Waals surface area contributed by atoms with Gasteiger partial charge in [0, 0.05) is 12.1 Å². The van der Waals surface area contributed by atoms with Gasteiger partial charge in [-0.05, 0) is 31.7 Å². The van der Waals surface area contributed by atoms with E-state index < -0.39 is 21.5 Å². The average Bonchev–Trinajstić information content (AvgIpc) is 2.69. The van der Waals surface area contributed by atoms with Crippen molar-refractivity contribution in [1.82, 2.24) is 4.72 Å². The molecule has 0 unspecified atom stereocenters. The highest BCUT2D eigenvalue weighted by atomic mass is 32.2. The molecule has 0 saturated heterocycles. The third-order valence-corrected chi connectivity index (χ3v) is 5.57. The third-order valence-electron chi connectivity index (χ3n) is 2.48. The van der Waals surface area contributed by atoms with Crippen molar-refractivity contribution >= 4 is 27.3 Å². The van der Waals surface area contributed by atoms with Gasteiger partial charge in [0.2, 0.25) is 10.0 Å². The van der Waals surface area contributed by atoms with Crippen molar-refractivity contribution in [2.75, 3.05) is 13.7 Å². The second-order valence-corrected chi connectivity index (χ2v) is 7.26. The van der Waals surface area contributed by atoms with Crippen LogP contribution in [0.25, 0.3) is 0 Å². The first-order valence-electron chi connectivity index (χ1n) is 5.55. The fraction of sp³-hybridized carbons (Fsp3) is 0.545. The molecule has 0 aliphatic rings. The van der Waals surface area contributed by atoms with Crippen molar-refractivity contribution in [3.8, 4) is 0 Å². The highest BCUT2D eigenvalue weighted by Gasteiger charge is 2.31. The van der Waals surface area contributed by atoms with Crippen molar-refractivity contribution in [3.63, 3.8) is 0 Å². The number of hydrogen-bond donors (Lipinski definition) is 2. The van der Waals surface area contributed by atoms with E-state index >= 15 is 0 Å². The van der Waals surface area contributed by atoms with E-state index in [4.69, 9.17) is 5.73 Å². The fourth-order valence-corrected chi connectivity index (χ4v) is 4.59. The van der Waals surface area contributed by atoms with Crippen LogP contribution in [0.15, 0.2) is 10.3 Å². The normalized spacial score (nSPS) is 12.5. The quantitative estimate of drug-likeness (QED) is 0.786. The van der Waals surface area contributed by atoms with Crippen LogP contribution in [-0.2, 0) is 14.8 Å². The highest BCUT2D eigenvalue weighted by Crippen LogP contribution is 2.28. The van der Waals surface area contributed by atoms with E-state index in [2.05, 4.69) is 9.46 Å². The molecule has 0 aliphatic heterocycles. The van der Waals surface area contributed by atoms with Gasteiger partial charge in [0.15, 0.2) is 0 Å². The number of ether oxygens (including phenoxy) is 1. The second-order valence-electron chi connectivity index (χ2n) is 4.76. The minimum Gasteiger partial charge on any atom is -0.465 e. The first kappa shape index (κ1) is 16.1. The van der Waals surface area contributed by atoms with Crippen LogP contribution in [0.1, 0.15) is 29.1 Å². The zero-order chi connectivity index (χ0) is 14.8. The van der Waals surface area contributed by atoms with E-state index in [1.54, 1.807) is 26.2 Å². The molecular formula is C11H18N2O4S2. The first-order chi connectivity index (χ1) is 8.64. The lowest BCUT2D eigenvalue weighted by Crippen LogP contribution is -2.48. The minimum absolute atomic E-state index is 0.0362. The molecule has 0 bridgehead atoms. The summed E-state index contributed by atoms with van der Waals surface area (Å²) in [6.07, 6.45) is 0. The maximum atomic E-state index is 12.4. The molecule has 0 amide bonds. The number of aryl methyl sites for hydroxylation is 1. The van der Waals surface area contributed by atoms with Crippen molar-refractivity contribution in [3.05, 3.63) is 15.8 Å². The Morgan fingerprint density at radius 1 is 1.53 bits per heavy atom. The molecule has 1 rings (SSSR count). The summed E-state index contributed by atoms with van der Waals surface area (Å²) in [7, 11) is -2.61. The van der Waals surface area contributed by atoms with Gasteiger partial charge in [0.1, 0.15) is 9.77 Å². The molecule has 1 aromatic rings. The third kappa shape index (κ3) is 3.53. The predicted molar refractivity (Wildman–Crippen MR) is 73.9 cm³/mol. The van der Waals surface area contributed by atoms with Crippen molar-refractivity contribution in [1.29, 1.82) is 0 Å². The molecule has 19 heavy (non-hydrogen) atoms. The van der Waals surface area contributed by atoms with E-state index in [9.17, 15) is 13.2 Å². The summed E-state index contributed by atoms with van der Waals surface area (Å²) in [5, 5.41) is 1.61. The lowest BCUT2D eigenvalue weighted by atomic mass is 10.1. The lowest BCUT2D eigenvalue weighted by molar-refractivity contribution is 0.0602. The number of rotatable bonds is 5. The maximum Gasteiger partial charge on any atom is 0.349 e. The van der Waals surface area contributed by atoms with Gasteiger partial charge in [-0.2, -0.15) is 0 Å². The highest BCUT2D eigenvalue weighted by molar-refractivity contribution is 7.89. The average molecular weight is 306 g/mol. The number of methoxy groups -OCH3 is 1. The van der Waals surface area contributed by atoms with Crippen LogP contribution in [0, 0.1) is 6.92 Å². The summed E-state index contributed by atoms with van der Waals surface area (Å²) >= 11 is 1.04. The van der Waals surface area contributed by atoms with Crippen molar-refractivity contribution in [2.24, 2.45) is 5.73 Å². The largest absolute Gasteiger partial charge is 0.465 e. The number of nitrogens with two attached hydrogens (primary N) is 1. The molecule has 0 fully saturated rings. The van der Waals surface area contributed by atoms with Crippen LogP contribution in [0.3, 0.4) is 0 Å². The zero-order valence-corrected chi connectivity index (χ0v) is 12.9. The lowest BCUT2D eigenvalue weighted by Gasteiger charge is -2.24. The van der Waals surface area contributed by atoms with Crippen LogP contribution in [0.4, 0.5) is 0 Å². The van der Waals surface area contributed by atoms with E-state index in [1.165, 1.54) is 7.11 Å². The summed E-state index contributed by atoms with van der Waals surface area (Å²) < 4.78 is 31.8. The Hall–Kier alpha value is -0.960. The second kappa shape index (κ2) is 5.58. The SMILES string of the molecule is COC(=O)c1scc(C)c1S(=O)(=O)NC(C)(C)CN. The van der Waals surface area contributed by atoms with Gasteiger partial charge >= 0.3 is 5.97 Å². The fourth-order valence-electron chi connectivity index (χ4n) is 1.46. The van der Waals surface area contributed by atoms with Crippen LogP contribution in [0.2, 0.25) is 0 Å². The number of sulfonamides is 1. The number of carbonyl (C=O) groups is 1. The molecule has 0 atom stereocenters. The Morgan fingerprint density at radius 3 is 2.58 bits per heavy atom. The van der Waals surface area contributed by atoms with Crippen molar-refractivity contribution < 1.29 is 17.9 Å². The van der Waals surface area contributed by atoms with Gasteiger partial charge in [-0.1, -0.05) is 0 Å². The first-order valence-corrected chi connectivity index (χ1v) is 7.91. The Kier molecular flexibility index (Phi) is 4.72. The van der Waals surface area contributed by atoms with Gasteiger partial charge in [0.25, 0.3) is 0 Å². The molecule has 6 nitrogen and oxygen atoms in total.